The fourth-order valence-corrected chi connectivity index (χ4v) is 2.12. The van der Waals surface area contributed by atoms with E-state index in [1.165, 1.54) is 17.8 Å². The summed E-state index contributed by atoms with van der Waals surface area (Å²) in [6.45, 7) is 3.68. The second-order valence-electron chi connectivity index (χ2n) is 3.45. The van der Waals surface area contributed by atoms with E-state index in [1.54, 1.807) is 0 Å². The number of nitrogen functional groups attached to an aromatic ring is 1. The molecular formula is C11H15F3N2S. The molecule has 0 saturated heterocycles. The number of benzene rings is 1. The highest BCUT2D eigenvalue weighted by atomic mass is 32.2. The molecule has 96 valence electrons. The molecule has 3 N–H and O–H groups in total. The minimum atomic E-state index is -4.33. The molecule has 1 rings (SSSR count). The average Bonchev–Trinajstić information content (AvgIpc) is 2.24. The minimum absolute atomic E-state index is 0.182. The maximum absolute atomic E-state index is 12.4. The zero-order valence-electron chi connectivity index (χ0n) is 9.47. The molecule has 0 radical (unpaired) electrons. The Hall–Kier alpha value is -0.880. The van der Waals surface area contributed by atoms with Crippen LogP contribution in [0.15, 0.2) is 23.1 Å². The standard InChI is InChI=1S/C11H15F3N2S/c1-2-16-5-6-17-10-4-3-8(7-9(10)15)11(12,13)14/h3-4,7,16H,2,5-6,15H2,1H3. The van der Waals surface area contributed by atoms with Crippen LogP contribution in [0.1, 0.15) is 12.5 Å². The summed E-state index contributed by atoms with van der Waals surface area (Å²) >= 11 is 1.45. The highest BCUT2D eigenvalue weighted by Gasteiger charge is 2.30. The molecule has 0 unspecified atom stereocenters. The topological polar surface area (TPSA) is 38.0 Å². The lowest BCUT2D eigenvalue weighted by molar-refractivity contribution is -0.137. The predicted molar refractivity (Wildman–Crippen MR) is 65.1 cm³/mol. The first-order valence-corrected chi connectivity index (χ1v) is 6.24. The van der Waals surface area contributed by atoms with Crippen LogP contribution in [0.25, 0.3) is 0 Å². The zero-order chi connectivity index (χ0) is 12.9. The molecule has 17 heavy (non-hydrogen) atoms. The summed E-state index contributed by atoms with van der Waals surface area (Å²) in [5.74, 6) is 0.781. The quantitative estimate of drug-likeness (QED) is 0.488. The number of thioether (sulfide) groups is 1. The average molecular weight is 264 g/mol. The van der Waals surface area contributed by atoms with Crippen molar-refractivity contribution in [3.63, 3.8) is 0 Å². The molecule has 0 aliphatic carbocycles. The van der Waals surface area contributed by atoms with Gasteiger partial charge in [-0.1, -0.05) is 6.92 Å². The van der Waals surface area contributed by atoms with Gasteiger partial charge >= 0.3 is 6.18 Å². The maximum atomic E-state index is 12.4. The van der Waals surface area contributed by atoms with Gasteiger partial charge in [-0.25, -0.2) is 0 Å². The number of rotatable bonds is 5. The molecule has 0 aliphatic rings. The number of nitrogens with one attached hydrogen (secondary N) is 1. The van der Waals surface area contributed by atoms with Gasteiger partial charge < -0.3 is 11.1 Å². The summed E-state index contributed by atoms with van der Waals surface area (Å²) in [6.07, 6.45) is -4.33. The highest BCUT2D eigenvalue weighted by Crippen LogP contribution is 2.34. The molecule has 6 heteroatoms. The molecule has 0 aliphatic heterocycles. The summed E-state index contributed by atoms with van der Waals surface area (Å²) in [5, 5.41) is 3.13. The molecule has 0 amide bonds. The first-order valence-electron chi connectivity index (χ1n) is 5.25. The Bertz CT molecular complexity index is 366. The molecule has 0 fully saturated rings. The zero-order valence-corrected chi connectivity index (χ0v) is 10.3. The van der Waals surface area contributed by atoms with Gasteiger partial charge in [0.05, 0.1) is 5.56 Å². The van der Waals surface area contributed by atoms with E-state index in [0.717, 1.165) is 31.0 Å². The van der Waals surface area contributed by atoms with E-state index in [2.05, 4.69) is 5.32 Å². The molecule has 0 atom stereocenters. The van der Waals surface area contributed by atoms with Crippen molar-refractivity contribution in [3.05, 3.63) is 23.8 Å². The second kappa shape index (κ2) is 6.16. The van der Waals surface area contributed by atoms with Crippen LogP contribution >= 0.6 is 11.8 Å². The number of hydrogen-bond acceptors (Lipinski definition) is 3. The van der Waals surface area contributed by atoms with Crippen LogP contribution in [0.4, 0.5) is 18.9 Å². The Morgan fingerprint density at radius 2 is 2.06 bits per heavy atom. The van der Waals surface area contributed by atoms with E-state index in [0.29, 0.717) is 4.90 Å². The third-order valence-electron chi connectivity index (χ3n) is 2.12. The van der Waals surface area contributed by atoms with Crippen molar-refractivity contribution < 1.29 is 13.2 Å². The molecule has 0 saturated carbocycles. The largest absolute Gasteiger partial charge is 0.416 e. The van der Waals surface area contributed by atoms with Gasteiger partial charge in [0.2, 0.25) is 0 Å². The summed E-state index contributed by atoms with van der Waals surface area (Å²) in [6, 6.07) is 3.47. The van der Waals surface area contributed by atoms with E-state index in [-0.39, 0.29) is 5.69 Å². The molecule has 1 aromatic carbocycles. The van der Waals surface area contributed by atoms with Gasteiger partial charge in [-0.15, -0.1) is 11.8 Å². The predicted octanol–water partition coefficient (Wildman–Crippen LogP) is 2.99. The Morgan fingerprint density at radius 1 is 1.35 bits per heavy atom. The van der Waals surface area contributed by atoms with Gasteiger partial charge in [0, 0.05) is 22.9 Å². The number of halogens is 3. The van der Waals surface area contributed by atoms with Crippen LogP contribution in [0.2, 0.25) is 0 Å². The van der Waals surface area contributed by atoms with Gasteiger partial charge in [0.1, 0.15) is 0 Å². The van der Waals surface area contributed by atoms with Crippen molar-refractivity contribution in [2.75, 3.05) is 24.6 Å². The number of hydrogen-bond donors (Lipinski definition) is 2. The molecule has 0 spiro atoms. The monoisotopic (exact) mass is 264 g/mol. The van der Waals surface area contributed by atoms with Gasteiger partial charge in [-0.05, 0) is 24.7 Å². The molecule has 0 bridgehead atoms. The van der Waals surface area contributed by atoms with Crippen LogP contribution in [-0.4, -0.2) is 18.8 Å². The summed E-state index contributed by atoms with van der Waals surface area (Å²) in [4.78, 5) is 0.691. The van der Waals surface area contributed by atoms with Crippen molar-refractivity contribution in [1.29, 1.82) is 0 Å². The first kappa shape index (κ1) is 14.2. The van der Waals surface area contributed by atoms with E-state index in [1.807, 2.05) is 6.92 Å². The summed E-state index contributed by atoms with van der Waals surface area (Å²) in [7, 11) is 0. The Morgan fingerprint density at radius 3 is 2.59 bits per heavy atom. The van der Waals surface area contributed by atoms with Crippen LogP contribution < -0.4 is 11.1 Å². The lowest BCUT2D eigenvalue weighted by Crippen LogP contribution is -2.15. The summed E-state index contributed by atoms with van der Waals surface area (Å²) < 4.78 is 37.1. The number of alkyl halides is 3. The molecule has 0 aromatic heterocycles. The van der Waals surface area contributed by atoms with E-state index in [9.17, 15) is 13.2 Å². The van der Waals surface area contributed by atoms with Crippen molar-refractivity contribution in [2.24, 2.45) is 0 Å². The van der Waals surface area contributed by atoms with Crippen LogP contribution in [0, 0.1) is 0 Å². The van der Waals surface area contributed by atoms with Crippen LogP contribution in [0.3, 0.4) is 0 Å². The third kappa shape index (κ3) is 4.47. The molecule has 0 heterocycles. The fourth-order valence-electron chi connectivity index (χ4n) is 1.27. The lowest BCUT2D eigenvalue weighted by atomic mass is 10.2. The Balaban J connectivity index is 2.64. The van der Waals surface area contributed by atoms with Gasteiger partial charge in [-0.2, -0.15) is 13.2 Å². The van der Waals surface area contributed by atoms with E-state index < -0.39 is 11.7 Å². The minimum Gasteiger partial charge on any atom is -0.398 e. The molecular weight excluding hydrogens is 249 g/mol. The second-order valence-corrected chi connectivity index (χ2v) is 4.59. The lowest BCUT2D eigenvalue weighted by Gasteiger charge is -2.10. The van der Waals surface area contributed by atoms with Gasteiger partial charge in [-0.3, -0.25) is 0 Å². The van der Waals surface area contributed by atoms with Crippen molar-refractivity contribution in [1.82, 2.24) is 5.32 Å². The normalized spacial score (nSPS) is 11.8. The van der Waals surface area contributed by atoms with Crippen molar-refractivity contribution in [2.45, 2.75) is 18.0 Å². The van der Waals surface area contributed by atoms with Gasteiger partial charge in [0.15, 0.2) is 0 Å². The van der Waals surface area contributed by atoms with Gasteiger partial charge in [0.25, 0.3) is 0 Å². The van der Waals surface area contributed by atoms with E-state index >= 15 is 0 Å². The smallest absolute Gasteiger partial charge is 0.398 e. The van der Waals surface area contributed by atoms with Crippen molar-refractivity contribution in [3.8, 4) is 0 Å². The first-order chi connectivity index (χ1) is 7.95. The van der Waals surface area contributed by atoms with Crippen molar-refractivity contribution >= 4 is 17.4 Å². The molecule has 2 nitrogen and oxygen atoms in total. The van der Waals surface area contributed by atoms with Crippen LogP contribution in [-0.2, 0) is 6.18 Å². The SMILES string of the molecule is CCNCCSc1ccc(C(F)(F)F)cc1N. The number of anilines is 1. The maximum Gasteiger partial charge on any atom is 0.416 e. The molecule has 1 aromatic rings. The van der Waals surface area contributed by atoms with Crippen LogP contribution in [0.5, 0.6) is 0 Å². The van der Waals surface area contributed by atoms with E-state index in [4.69, 9.17) is 5.73 Å². The highest BCUT2D eigenvalue weighted by molar-refractivity contribution is 7.99. The number of nitrogens with two attached hydrogens (primary N) is 1. The Labute approximate surface area is 103 Å². The summed E-state index contributed by atoms with van der Waals surface area (Å²) in [5.41, 5.74) is 5.07. The third-order valence-corrected chi connectivity index (χ3v) is 3.21. The Kier molecular flexibility index (Phi) is 5.14. The fraction of sp³-hybridized carbons (Fsp3) is 0.455.